The van der Waals surface area contributed by atoms with Crippen molar-refractivity contribution in [3.05, 3.63) is 79.4 Å². The van der Waals surface area contributed by atoms with Crippen molar-refractivity contribution in [1.29, 1.82) is 0 Å². The quantitative estimate of drug-likeness (QED) is 0.257. The Morgan fingerprint density at radius 1 is 0.951 bits per heavy atom. The monoisotopic (exact) mass is 551 g/mol. The Bertz CT molecular complexity index is 1720. The van der Waals surface area contributed by atoms with E-state index in [1.54, 1.807) is 47.9 Å². The number of amides is 1. The Kier molecular flexibility index (Phi) is 6.90. The van der Waals surface area contributed by atoms with Crippen molar-refractivity contribution in [3.63, 3.8) is 0 Å². The summed E-state index contributed by atoms with van der Waals surface area (Å²) in [5.74, 6) is -0.356. The minimum absolute atomic E-state index is 0.182. The lowest BCUT2D eigenvalue weighted by molar-refractivity contribution is 0.0185. The van der Waals surface area contributed by atoms with Gasteiger partial charge in [0.15, 0.2) is 5.65 Å². The minimum Gasteiger partial charge on any atom is -0.444 e. The summed E-state index contributed by atoms with van der Waals surface area (Å²) < 4.78 is 22.1. The Balaban J connectivity index is 1.26. The first kappa shape index (κ1) is 26.5. The number of carbonyl (C=O) groups is 1. The molecule has 1 aromatic carbocycles. The maximum Gasteiger partial charge on any atom is 0.410 e. The third-order valence-electron chi connectivity index (χ3n) is 7.07. The van der Waals surface area contributed by atoms with Crippen LogP contribution in [0.1, 0.15) is 39.7 Å². The zero-order valence-electron chi connectivity index (χ0n) is 23.2. The maximum absolute atomic E-state index is 14.7. The summed E-state index contributed by atoms with van der Waals surface area (Å²) in [6, 6.07) is 10.6. The Morgan fingerprint density at radius 2 is 1.71 bits per heavy atom. The van der Waals surface area contributed by atoms with E-state index < -0.39 is 5.60 Å². The smallest absolute Gasteiger partial charge is 0.410 e. The lowest BCUT2D eigenvalue weighted by Gasteiger charge is -2.33. The van der Waals surface area contributed by atoms with Crippen LogP contribution in [0.25, 0.3) is 44.7 Å². The molecule has 0 atom stereocenters. The molecule has 6 rings (SSSR count). The van der Waals surface area contributed by atoms with Crippen LogP contribution in [-0.2, 0) is 4.74 Å². The van der Waals surface area contributed by atoms with Gasteiger partial charge < -0.3 is 9.64 Å². The van der Waals surface area contributed by atoms with Gasteiger partial charge in [0.2, 0.25) is 0 Å². The fourth-order valence-corrected chi connectivity index (χ4v) is 5.05. The van der Waals surface area contributed by atoms with Gasteiger partial charge in [-0.3, -0.25) is 14.6 Å². The van der Waals surface area contributed by atoms with Crippen LogP contribution in [-0.4, -0.2) is 59.4 Å². The summed E-state index contributed by atoms with van der Waals surface area (Å²) in [5.41, 5.74) is 4.78. The molecule has 0 radical (unpaired) electrons. The van der Waals surface area contributed by atoms with Crippen molar-refractivity contribution in [3.8, 4) is 33.5 Å². The summed E-state index contributed by atoms with van der Waals surface area (Å²) in [6.07, 6.45) is 11.9. The summed E-state index contributed by atoms with van der Waals surface area (Å²) >= 11 is 0. The van der Waals surface area contributed by atoms with E-state index in [2.05, 4.69) is 25.0 Å². The van der Waals surface area contributed by atoms with Crippen molar-refractivity contribution in [2.24, 2.45) is 0 Å². The number of nitrogens with zero attached hydrogens (tertiary/aromatic N) is 7. The molecular weight excluding hydrogens is 521 g/mol. The molecule has 1 saturated heterocycles. The Labute approximate surface area is 237 Å². The topological polar surface area (TPSA) is 98.9 Å². The molecule has 9 nitrogen and oxygen atoms in total. The van der Waals surface area contributed by atoms with Crippen LogP contribution in [0.4, 0.5) is 9.18 Å². The molecule has 1 amide bonds. The van der Waals surface area contributed by atoms with Crippen LogP contribution < -0.4 is 0 Å². The van der Waals surface area contributed by atoms with Gasteiger partial charge in [0, 0.05) is 71.9 Å². The lowest BCUT2D eigenvalue weighted by Crippen LogP contribution is -2.42. The average Bonchev–Trinajstić information content (AvgIpc) is 3.47. The number of piperidine rings is 1. The number of hydrogen-bond acceptors (Lipinski definition) is 7. The van der Waals surface area contributed by atoms with Gasteiger partial charge >= 0.3 is 6.09 Å². The summed E-state index contributed by atoms with van der Waals surface area (Å²) in [5, 5.41) is 4.64. The molecule has 1 aliphatic rings. The van der Waals surface area contributed by atoms with Crippen molar-refractivity contribution >= 4 is 17.3 Å². The molecule has 10 heteroatoms. The number of fused-ring (bicyclic) bond motifs is 1. The van der Waals surface area contributed by atoms with E-state index in [1.807, 2.05) is 50.0 Å². The van der Waals surface area contributed by atoms with Crippen LogP contribution >= 0.6 is 0 Å². The van der Waals surface area contributed by atoms with Gasteiger partial charge in [-0.05, 0) is 57.9 Å². The lowest BCUT2D eigenvalue weighted by atomic mass is 10.0. The van der Waals surface area contributed by atoms with E-state index in [1.165, 1.54) is 6.07 Å². The molecule has 1 aliphatic heterocycles. The third kappa shape index (κ3) is 5.63. The molecule has 0 bridgehead atoms. The molecule has 41 heavy (non-hydrogen) atoms. The van der Waals surface area contributed by atoms with E-state index in [4.69, 9.17) is 4.74 Å². The number of hydrogen-bond donors (Lipinski definition) is 0. The largest absolute Gasteiger partial charge is 0.444 e. The molecule has 1 fully saturated rings. The van der Waals surface area contributed by atoms with Gasteiger partial charge in [-0.1, -0.05) is 12.1 Å². The number of likely N-dealkylation sites (tertiary alicyclic amines) is 1. The molecule has 0 aliphatic carbocycles. The molecule has 0 unspecified atom stereocenters. The van der Waals surface area contributed by atoms with Crippen LogP contribution in [0.2, 0.25) is 0 Å². The second-order valence-corrected chi connectivity index (χ2v) is 11.1. The van der Waals surface area contributed by atoms with Crippen LogP contribution in [0.5, 0.6) is 0 Å². The predicted molar refractivity (Wildman–Crippen MR) is 153 cm³/mol. The molecule has 4 aromatic heterocycles. The highest BCUT2D eigenvalue weighted by Gasteiger charge is 2.28. The third-order valence-corrected chi connectivity index (χ3v) is 7.07. The molecule has 208 valence electrons. The fraction of sp³-hybridized carbons (Fsp3) is 0.290. The number of rotatable bonds is 4. The van der Waals surface area contributed by atoms with Gasteiger partial charge in [-0.2, -0.15) is 5.10 Å². The van der Waals surface area contributed by atoms with Crippen LogP contribution in [0, 0.1) is 5.82 Å². The SMILES string of the molecule is CC(C)(C)OC(=O)N1CCC(n2cc(-c3cncc(-c4cc(-c5ccccc5F)nc5nccnc45)c3)cn2)CC1. The highest BCUT2D eigenvalue weighted by Crippen LogP contribution is 2.33. The zero-order chi connectivity index (χ0) is 28.6. The van der Waals surface area contributed by atoms with Gasteiger partial charge in [0.25, 0.3) is 0 Å². The molecule has 0 saturated carbocycles. The average molecular weight is 552 g/mol. The summed E-state index contributed by atoms with van der Waals surface area (Å²) in [7, 11) is 0. The van der Waals surface area contributed by atoms with Gasteiger partial charge in [-0.15, -0.1) is 0 Å². The Hall–Kier alpha value is -4.73. The summed E-state index contributed by atoms with van der Waals surface area (Å²) in [4.78, 5) is 32.2. The predicted octanol–water partition coefficient (Wildman–Crippen LogP) is 6.33. The molecular formula is C31H30FN7O2. The maximum atomic E-state index is 14.7. The normalized spacial score (nSPS) is 14.4. The molecule has 5 aromatic rings. The van der Waals surface area contributed by atoms with Crippen LogP contribution in [0.15, 0.2) is 73.6 Å². The first-order valence-corrected chi connectivity index (χ1v) is 13.6. The number of ether oxygens (including phenoxy) is 1. The highest BCUT2D eigenvalue weighted by molar-refractivity contribution is 5.92. The standard InChI is InChI=1S/C31H30FN7O2/c1-31(2,3)41-30(40)38-12-8-23(9-13-38)39-19-22(18-36-39)20-14-21(17-33-16-20)25-15-27(24-6-4-5-7-26(24)32)37-29-28(25)34-10-11-35-29/h4-7,10-11,14-19,23H,8-9,12-13H2,1-3H3. The van der Waals surface area contributed by atoms with Crippen molar-refractivity contribution in [2.45, 2.75) is 45.3 Å². The number of aromatic nitrogens is 6. The Morgan fingerprint density at radius 3 is 2.49 bits per heavy atom. The van der Waals surface area contributed by atoms with Gasteiger partial charge in [0.1, 0.15) is 16.9 Å². The number of carbonyl (C=O) groups excluding carboxylic acids is 1. The van der Waals surface area contributed by atoms with Gasteiger partial charge in [-0.25, -0.2) is 19.2 Å². The second kappa shape index (κ2) is 10.7. The molecule has 0 N–H and O–H groups in total. The second-order valence-electron chi connectivity index (χ2n) is 11.1. The highest BCUT2D eigenvalue weighted by atomic mass is 19.1. The number of pyridine rings is 2. The van der Waals surface area contributed by atoms with Crippen molar-refractivity contribution < 1.29 is 13.9 Å². The minimum atomic E-state index is -0.512. The van der Waals surface area contributed by atoms with E-state index in [9.17, 15) is 9.18 Å². The van der Waals surface area contributed by atoms with Crippen molar-refractivity contribution in [2.75, 3.05) is 13.1 Å². The van der Waals surface area contributed by atoms with E-state index >= 15 is 0 Å². The van der Waals surface area contributed by atoms with E-state index in [-0.39, 0.29) is 18.0 Å². The molecule has 5 heterocycles. The van der Waals surface area contributed by atoms with E-state index in [0.717, 1.165) is 35.1 Å². The molecule has 0 spiro atoms. The number of benzene rings is 1. The summed E-state index contributed by atoms with van der Waals surface area (Å²) in [6.45, 7) is 6.86. The fourth-order valence-electron chi connectivity index (χ4n) is 5.05. The number of halogens is 1. The van der Waals surface area contributed by atoms with E-state index in [0.29, 0.717) is 35.5 Å². The first-order valence-electron chi connectivity index (χ1n) is 13.6. The van der Waals surface area contributed by atoms with Gasteiger partial charge in [0.05, 0.1) is 17.9 Å². The first-order chi connectivity index (χ1) is 19.7. The van der Waals surface area contributed by atoms with Crippen molar-refractivity contribution in [1.82, 2.24) is 34.6 Å². The zero-order valence-corrected chi connectivity index (χ0v) is 23.2. The van der Waals surface area contributed by atoms with Crippen LogP contribution in [0.3, 0.4) is 0 Å².